The van der Waals surface area contributed by atoms with E-state index in [0.29, 0.717) is 31.7 Å². The quantitative estimate of drug-likeness (QED) is 0.263. The molecule has 0 fully saturated rings. The highest BCUT2D eigenvalue weighted by atomic mass is 16.6. The van der Waals surface area contributed by atoms with Gasteiger partial charge in [-0.3, -0.25) is 0 Å². The average molecular weight is 451 g/mol. The van der Waals surface area contributed by atoms with Crippen molar-refractivity contribution in [3.63, 3.8) is 0 Å². The number of benzene rings is 3. The number of hydrogen-bond acceptors (Lipinski definition) is 5. The van der Waals surface area contributed by atoms with Gasteiger partial charge in [-0.1, -0.05) is 48.5 Å². The lowest BCUT2D eigenvalue weighted by atomic mass is 9.97. The Hall–Kier alpha value is -3.12. The van der Waals surface area contributed by atoms with E-state index < -0.39 is 5.60 Å². The molecule has 0 spiro atoms. The molecule has 1 amide bonds. The van der Waals surface area contributed by atoms with Crippen molar-refractivity contribution in [2.75, 3.05) is 40.3 Å². The van der Waals surface area contributed by atoms with E-state index in [2.05, 4.69) is 11.0 Å². The second kappa shape index (κ2) is 10.7. The molecular weight excluding hydrogens is 416 g/mol. The number of rotatable bonds is 8. The minimum absolute atomic E-state index is 0.296. The van der Waals surface area contributed by atoms with Gasteiger partial charge in [0, 0.05) is 26.7 Å². The molecule has 33 heavy (non-hydrogen) atoms. The van der Waals surface area contributed by atoms with E-state index in [1.54, 1.807) is 11.9 Å². The van der Waals surface area contributed by atoms with Crippen molar-refractivity contribution in [2.45, 2.75) is 32.8 Å². The van der Waals surface area contributed by atoms with Gasteiger partial charge in [-0.2, -0.15) is 0 Å². The van der Waals surface area contributed by atoms with Crippen LogP contribution in [0.3, 0.4) is 0 Å². The fourth-order valence-corrected chi connectivity index (χ4v) is 3.67. The second-order valence-electron chi connectivity index (χ2n) is 9.39. The Labute approximate surface area is 196 Å². The fourth-order valence-electron chi connectivity index (χ4n) is 3.67. The third-order valence-electron chi connectivity index (χ3n) is 5.42. The summed E-state index contributed by atoms with van der Waals surface area (Å²) < 4.78 is 11.0. The van der Waals surface area contributed by atoms with Crippen LogP contribution in [0.25, 0.3) is 21.5 Å². The van der Waals surface area contributed by atoms with Crippen LogP contribution in [0.5, 0.6) is 0 Å². The number of carbonyl (C=O) groups excluding carboxylic acids is 2. The van der Waals surface area contributed by atoms with E-state index >= 15 is 0 Å². The van der Waals surface area contributed by atoms with E-state index in [1.807, 2.05) is 76.3 Å². The smallest absolute Gasteiger partial charge is 0.410 e. The number of hydrogen-bond donors (Lipinski definition) is 0. The summed E-state index contributed by atoms with van der Waals surface area (Å²) in [5, 5.41) is 3.86. The minimum Gasteiger partial charge on any atom is -0.462 e. The number of esters is 1. The minimum atomic E-state index is -0.503. The van der Waals surface area contributed by atoms with Crippen molar-refractivity contribution >= 4 is 33.6 Å². The Morgan fingerprint density at radius 3 is 2.00 bits per heavy atom. The molecule has 0 aliphatic carbocycles. The number of carbonyl (C=O) groups is 2. The third-order valence-corrected chi connectivity index (χ3v) is 5.42. The maximum atomic E-state index is 13.0. The Balaban J connectivity index is 1.52. The number of fused-ring (bicyclic) bond motifs is 2. The molecule has 0 radical (unpaired) electrons. The zero-order valence-electron chi connectivity index (χ0n) is 20.3. The van der Waals surface area contributed by atoms with Gasteiger partial charge in [0.1, 0.15) is 5.60 Å². The summed E-state index contributed by atoms with van der Waals surface area (Å²) >= 11 is 0. The van der Waals surface area contributed by atoms with Gasteiger partial charge in [0.15, 0.2) is 0 Å². The van der Waals surface area contributed by atoms with Crippen LogP contribution in [0.4, 0.5) is 4.79 Å². The summed E-state index contributed by atoms with van der Waals surface area (Å²) in [4.78, 5) is 28.8. The SMILES string of the molecule is CN(CCCOC(=O)c1c2ccccc2cc2ccccc12)CCN(C)C(=O)OC(C)(C)C. The van der Waals surface area contributed by atoms with Crippen LogP contribution in [0, 0.1) is 0 Å². The van der Waals surface area contributed by atoms with Gasteiger partial charge in [-0.05, 0) is 61.9 Å². The Kier molecular flexibility index (Phi) is 7.92. The summed E-state index contributed by atoms with van der Waals surface area (Å²) in [5.41, 5.74) is 0.118. The Morgan fingerprint density at radius 2 is 1.42 bits per heavy atom. The van der Waals surface area contributed by atoms with Gasteiger partial charge in [-0.15, -0.1) is 0 Å². The predicted octanol–water partition coefficient (Wildman–Crippen LogP) is 5.34. The molecule has 3 aromatic rings. The first-order valence-electron chi connectivity index (χ1n) is 11.4. The zero-order chi connectivity index (χ0) is 24.0. The van der Waals surface area contributed by atoms with E-state index in [4.69, 9.17) is 9.47 Å². The lowest BCUT2D eigenvalue weighted by molar-refractivity contribution is 0.0283. The highest BCUT2D eigenvalue weighted by Crippen LogP contribution is 2.29. The van der Waals surface area contributed by atoms with Gasteiger partial charge in [0.05, 0.1) is 12.2 Å². The van der Waals surface area contributed by atoms with Crippen LogP contribution < -0.4 is 0 Å². The molecule has 0 atom stereocenters. The highest BCUT2D eigenvalue weighted by Gasteiger charge is 2.20. The number of amides is 1. The van der Waals surface area contributed by atoms with E-state index in [1.165, 1.54) is 0 Å². The molecule has 3 aromatic carbocycles. The molecule has 176 valence electrons. The summed E-state index contributed by atoms with van der Waals surface area (Å²) in [6.07, 6.45) is 0.383. The molecule has 3 rings (SSSR count). The van der Waals surface area contributed by atoms with Crippen LogP contribution in [0.2, 0.25) is 0 Å². The van der Waals surface area contributed by atoms with Crippen molar-refractivity contribution in [3.05, 3.63) is 60.2 Å². The summed E-state index contributed by atoms with van der Waals surface area (Å²) in [6.45, 7) is 7.92. The van der Waals surface area contributed by atoms with Crippen LogP contribution in [0.1, 0.15) is 37.6 Å². The first-order valence-corrected chi connectivity index (χ1v) is 11.4. The van der Waals surface area contributed by atoms with Crippen LogP contribution in [0.15, 0.2) is 54.6 Å². The molecule has 6 nitrogen and oxygen atoms in total. The zero-order valence-corrected chi connectivity index (χ0v) is 20.3. The number of ether oxygens (including phenoxy) is 2. The summed E-state index contributed by atoms with van der Waals surface area (Å²) in [6, 6.07) is 17.9. The van der Waals surface area contributed by atoms with Crippen LogP contribution in [-0.2, 0) is 9.47 Å². The van der Waals surface area contributed by atoms with Crippen molar-refractivity contribution < 1.29 is 19.1 Å². The normalized spacial score (nSPS) is 11.7. The van der Waals surface area contributed by atoms with Gasteiger partial charge >= 0.3 is 12.1 Å². The summed E-state index contributed by atoms with van der Waals surface area (Å²) in [5.74, 6) is -0.296. The van der Waals surface area contributed by atoms with Crippen molar-refractivity contribution in [3.8, 4) is 0 Å². The molecule has 0 aliphatic rings. The third kappa shape index (κ3) is 6.68. The van der Waals surface area contributed by atoms with E-state index in [0.717, 1.165) is 28.1 Å². The molecule has 0 saturated heterocycles. The molecular formula is C27H34N2O4. The summed E-state index contributed by atoms with van der Waals surface area (Å²) in [7, 11) is 3.72. The molecule has 0 unspecified atom stereocenters. The fraction of sp³-hybridized carbons (Fsp3) is 0.407. The molecule has 0 aromatic heterocycles. The highest BCUT2D eigenvalue weighted by molar-refractivity contribution is 6.16. The van der Waals surface area contributed by atoms with E-state index in [9.17, 15) is 9.59 Å². The molecule has 0 bridgehead atoms. The number of nitrogens with zero attached hydrogens (tertiary/aromatic N) is 2. The maximum Gasteiger partial charge on any atom is 0.410 e. The lowest BCUT2D eigenvalue weighted by Crippen LogP contribution is -2.38. The molecule has 0 N–H and O–H groups in total. The Morgan fingerprint density at radius 1 is 0.848 bits per heavy atom. The van der Waals surface area contributed by atoms with Crippen LogP contribution in [-0.4, -0.2) is 67.8 Å². The molecule has 0 aliphatic heterocycles. The largest absolute Gasteiger partial charge is 0.462 e. The van der Waals surface area contributed by atoms with Crippen LogP contribution >= 0.6 is 0 Å². The van der Waals surface area contributed by atoms with Gasteiger partial charge in [0.25, 0.3) is 0 Å². The lowest BCUT2D eigenvalue weighted by Gasteiger charge is -2.26. The van der Waals surface area contributed by atoms with Gasteiger partial charge in [-0.25, -0.2) is 9.59 Å². The Bertz CT molecular complexity index is 1070. The first-order chi connectivity index (χ1) is 15.7. The maximum absolute atomic E-state index is 13.0. The molecule has 6 heteroatoms. The molecule has 0 saturated carbocycles. The second-order valence-corrected chi connectivity index (χ2v) is 9.39. The monoisotopic (exact) mass is 450 g/mol. The van der Waals surface area contributed by atoms with E-state index in [-0.39, 0.29) is 12.1 Å². The topological polar surface area (TPSA) is 59.1 Å². The van der Waals surface area contributed by atoms with Gasteiger partial charge in [0.2, 0.25) is 0 Å². The predicted molar refractivity (Wildman–Crippen MR) is 133 cm³/mol. The number of likely N-dealkylation sites (N-methyl/N-ethyl adjacent to an activating group) is 2. The van der Waals surface area contributed by atoms with Gasteiger partial charge < -0.3 is 19.3 Å². The molecule has 0 heterocycles. The first kappa shape index (κ1) is 24.5. The average Bonchev–Trinajstić information content (AvgIpc) is 2.77. The van der Waals surface area contributed by atoms with Crippen molar-refractivity contribution in [1.29, 1.82) is 0 Å². The standard InChI is InChI=1S/C27H34N2O4/c1-27(2,3)33-26(31)29(5)17-16-28(4)15-10-18-32-25(30)24-22-13-8-6-11-20(22)19-21-12-7-9-14-23(21)24/h6-9,11-14,19H,10,15-18H2,1-5H3. The van der Waals surface area contributed by atoms with Crippen molar-refractivity contribution in [1.82, 2.24) is 9.80 Å². The van der Waals surface area contributed by atoms with Crippen molar-refractivity contribution in [2.24, 2.45) is 0 Å².